The Morgan fingerprint density at radius 1 is 1.47 bits per heavy atom. The lowest BCUT2D eigenvalue weighted by Gasteiger charge is -2.04. The molecular formula is C9H15ClN4O3S2. The number of rotatable bonds is 7. The molecule has 0 saturated heterocycles. The van der Waals surface area contributed by atoms with Gasteiger partial charge in [0.05, 0.1) is 0 Å². The van der Waals surface area contributed by atoms with E-state index in [0.717, 1.165) is 17.8 Å². The molecule has 1 aromatic heterocycles. The number of anilines is 1. The van der Waals surface area contributed by atoms with Crippen LogP contribution in [0.4, 0.5) is 5.13 Å². The molecule has 0 fully saturated rings. The molecule has 0 aliphatic carbocycles. The van der Waals surface area contributed by atoms with Crippen molar-refractivity contribution in [1.29, 1.82) is 0 Å². The minimum atomic E-state index is -3.67. The first-order valence-electron chi connectivity index (χ1n) is 5.56. The molecule has 0 saturated carbocycles. The van der Waals surface area contributed by atoms with Crippen molar-refractivity contribution in [2.75, 3.05) is 11.9 Å². The first-order chi connectivity index (χ1) is 8.81. The number of amides is 1. The van der Waals surface area contributed by atoms with Crippen LogP contribution in [0, 0.1) is 0 Å². The number of nitrogens with one attached hydrogen (secondary N) is 2. The van der Waals surface area contributed by atoms with Crippen molar-refractivity contribution in [3.05, 3.63) is 0 Å². The molecular weight excluding hydrogens is 312 g/mol. The molecule has 10 heteroatoms. The summed E-state index contributed by atoms with van der Waals surface area (Å²) in [6.07, 6.45) is 1.36. The Balaban J connectivity index is 2.57. The lowest BCUT2D eigenvalue weighted by molar-refractivity contribution is -0.114. The lowest BCUT2D eigenvalue weighted by Crippen LogP contribution is -2.25. The van der Waals surface area contributed by atoms with Gasteiger partial charge in [-0.25, -0.2) is 13.1 Å². The molecule has 108 valence electrons. The molecule has 1 amide bonds. The van der Waals surface area contributed by atoms with Crippen LogP contribution in [0.1, 0.15) is 26.7 Å². The molecule has 1 heterocycles. The van der Waals surface area contributed by atoms with Gasteiger partial charge in [0.2, 0.25) is 15.4 Å². The number of carbonyl (C=O) groups is 1. The highest BCUT2D eigenvalue weighted by molar-refractivity contribution is 7.91. The highest BCUT2D eigenvalue weighted by Crippen LogP contribution is 2.19. The van der Waals surface area contributed by atoms with Crippen molar-refractivity contribution in [2.45, 2.75) is 36.4 Å². The van der Waals surface area contributed by atoms with Crippen LogP contribution in [0.15, 0.2) is 4.34 Å². The molecule has 1 aromatic rings. The molecule has 0 spiro atoms. The number of hydrogen-bond acceptors (Lipinski definition) is 6. The number of nitrogens with zero attached hydrogens (tertiary/aromatic N) is 2. The van der Waals surface area contributed by atoms with Gasteiger partial charge in [0.25, 0.3) is 10.0 Å². The number of halogens is 1. The number of alkyl halides is 1. The normalized spacial score (nSPS) is 13.2. The minimum Gasteiger partial charge on any atom is -0.301 e. The summed E-state index contributed by atoms with van der Waals surface area (Å²) in [5.41, 5.74) is 0. The van der Waals surface area contributed by atoms with Crippen LogP contribution in [0.25, 0.3) is 0 Å². The van der Waals surface area contributed by atoms with Crippen LogP contribution < -0.4 is 10.0 Å². The Bertz CT molecular complexity index is 529. The standard InChI is InChI=1S/C9H15ClN4O3S2/c1-6(10)4-3-5-11-19(16,17)9-14-13-8(18-9)12-7(2)15/h6,11H,3-5H2,1-2H3,(H,12,13,15). The maximum absolute atomic E-state index is 11.8. The second-order valence-corrected chi connectivity index (χ2v) is 7.54. The van der Waals surface area contributed by atoms with Gasteiger partial charge in [-0.2, -0.15) is 0 Å². The van der Waals surface area contributed by atoms with Gasteiger partial charge in [-0.3, -0.25) is 4.79 Å². The largest absolute Gasteiger partial charge is 0.301 e. The first-order valence-corrected chi connectivity index (χ1v) is 8.29. The summed E-state index contributed by atoms with van der Waals surface area (Å²) in [6, 6.07) is 0. The van der Waals surface area contributed by atoms with Crippen LogP contribution in [0.3, 0.4) is 0 Å². The summed E-state index contributed by atoms with van der Waals surface area (Å²) in [4.78, 5) is 10.8. The van der Waals surface area contributed by atoms with Crippen molar-refractivity contribution < 1.29 is 13.2 Å². The predicted molar refractivity (Wildman–Crippen MR) is 74.0 cm³/mol. The van der Waals surface area contributed by atoms with Crippen molar-refractivity contribution in [3.63, 3.8) is 0 Å². The average molecular weight is 327 g/mol. The summed E-state index contributed by atoms with van der Waals surface area (Å²) in [5, 5.41) is 9.65. The summed E-state index contributed by atoms with van der Waals surface area (Å²) >= 11 is 6.56. The molecule has 2 N–H and O–H groups in total. The Labute approximate surface area is 120 Å². The average Bonchev–Trinajstić information content (AvgIpc) is 2.72. The molecule has 7 nitrogen and oxygen atoms in total. The molecule has 1 rings (SSSR count). The molecule has 0 bridgehead atoms. The van der Waals surface area contributed by atoms with Crippen LogP contribution in [0.2, 0.25) is 0 Å². The van der Waals surface area contributed by atoms with E-state index in [1.54, 1.807) is 0 Å². The van der Waals surface area contributed by atoms with Crippen LogP contribution in [-0.2, 0) is 14.8 Å². The van der Waals surface area contributed by atoms with Gasteiger partial charge < -0.3 is 5.32 Å². The molecule has 0 aliphatic rings. The maximum atomic E-state index is 11.8. The van der Waals surface area contributed by atoms with E-state index in [9.17, 15) is 13.2 Å². The quantitative estimate of drug-likeness (QED) is 0.445. The summed E-state index contributed by atoms with van der Waals surface area (Å²) in [6.45, 7) is 3.44. The van der Waals surface area contributed by atoms with E-state index in [1.807, 2.05) is 6.92 Å². The predicted octanol–water partition coefficient (Wildman–Crippen LogP) is 1.18. The van der Waals surface area contributed by atoms with E-state index in [1.165, 1.54) is 6.92 Å². The molecule has 0 aliphatic heterocycles. The van der Waals surface area contributed by atoms with Gasteiger partial charge in [0.1, 0.15) is 0 Å². The van der Waals surface area contributed by atoms with Crippen molar-refractivity contribution in [2.24, 2.45) is 0 Å². The highest BCUT2D eigenvalue weighted by Gasteiger charge is 2.19. The van der Waals surface area contributed by atoms with Gasteiger partial charge in [0, 0.05) is 18.8 Å². The smallest absolute Gasteiger partial charge is 0.269 e. The van der Waals surface area contributed by atoms with Crippen molar-refractivity contribution >= 4 is 44.0 Å². The fraction of sp³-hybridized carbons (Fsp3) is 0.667. The summed E-state index contributed by atoms with van der Waals surface area (Å²) in [7, 11) is -3.67. The Kier molecular flexibility index (Phi) is 6.11. The molecule has 0 radical (unpaired) electrons. The second-order valence-electron chi connectivity index (χ2n) is 3.88. The topological polar surface area (TPSA) is 101 Å². The Morgan fingerprint density at radius 3 is 2.74 bits per heavy atom. The van der Waals surface area contributed by atoms with E-state index >= 15 is 0 Å². The zero-order valence-corrected chi connectivity index (χ0v) is 12.9. The minimum absolute atomic E-state index is 0.0115. The number of carbonyl (C=O) groups excluding carboxylic acids is 1. The van der Waals surface area contributed by atoms with E-state index in [4.69, 9.17) is 11.6 Å². The van der Waals surface area contributed by atoms with Gasteiger partial charge in [0.15, 0.2) is 0 Å². The third-order valence-electron chi connectivity index (χ3n) is 1.99. The molecule has 1 atom stereocenters. The maximum Gasteiger partial charge on any atom is 0.269 e. The fourth-order valence-corrected chi connectivity index (χ4v) is 3.39. The second kappa shape index (κ2) is 7.13. The Morgan fingerprint density at radius 2 is 2.16 bits per heavy atom. The lowest BCUT2D eigenvalue weighted by atomic mass is 10.2. The van der Waals surface area contributed by atoms with Gasteiger partial charge in [-0.15, -0.1) is 21.8 Å². The van der Waals surface area contributed by atoms with Crippen LogP contribution >= 0.6 is 22.9 Å². The van der Waals surface area contributed by atoms with E-state index in [2.05, 4.69) is 20.2 Å². The van der Waals surface area contributed by atoms with E-state index < -0.39 is 10.0 Å². The Hall–Kier alpha value is -0.770. The highest BCUT2D eigenvalue weighted by atomic mass is 35.5. The third-order valence-corrected chi connectivity index (χ3v) is 4.88. The molecule has 19 heavy (non-hydrogen) atoms. The number of sulfonamides is 1. The monoisotopic (exact) mass is 326 g/mol. The van der Waals surface area contributed by atoms with Crippen molar-refractivity contribution in [3.8, 4) is 0 Å². The number of aromatic nitrogens is 2. The third kappa shape index (κ3) is 5.81. The fourth-order valence-electron chi connectivity index (χ4n) is 1.17. The van der Waals surface area contributed by atoms with Gasteiger partial charge in [-0.05, 0) is 19.8 Å². The first kappa shape index (κ1) is 16.3. The van der Waals surface area contributed by atoms with Crippen LogP contribution in [0.5, 0.6) is 0 Å². The summed E-state index contributed by atoms with van der Waals surface area (Å²) in [5.74, 6) is -0.329. The number of hydrogen-bond donors (Lipinski definition) is 2. The van der Waals surface area contributed by atoms with Gasteiger partial charge in [-0.1, -0.05) is 11.3 Å². The zero-order valence-electron chi connectivity index (χ0n) is 10.5. The molecule has 1 unspecified atom stereocenters. The zero-order chi connectivity index (χ0) is 14.5. The summed E-state index contributed by atoms with van der Waals surface area (Å²) < 4.78 is 25.9. The SMILES string of the molecule is CC(=O)Nc1nnc(S(=O)(=O)NCCCC(C)Cl)s1. The van der Waals surface area contributed by atoms with E-state index in [0.29, 0.717) is 6.42 Å². The molecule has 0 aromatic carbocycles. The van der Waals surface area contributed by atoms with Crippen LogP contribution in [-0.4, -0.2) is 36.4 Å². The van der Waals surface area contributed by atoms with Gasteiger partial charge >= 0.3 is 0 Å². The van der Waals surface area contributed by atoms with Crippen molar-refractivity contribution in [1.82, 2.24) is 14.9 Å². The van der Waals surface area contributed by atoms with E-state index in [-0.39, 0.29) is 27.3 Å².